The Kier molecular flexibility index (Phi) is 1.67. The first-order chi connectivity index (χ1) is 6.70. The molecule has 8 nitrogen and oxygen atoms in total. The van der Waals surface area contributed by atoms with Crippen molar-refractivity contribution in [3.8, 4) is 11.3 Å². The van der Waals surface area contributed by atoms with E-state index in [1.807, 2.05) is 0 Å². The molecule has 0 fully saturated rings. The Morgan fingerprint density at radius 2 is 2.07 bits per heavy atom. The molecule has 0 radical (unpaired) electrons. The van der Waals surface area contributed by atoms with Crippen molar-refractivity contribution >= 4 is 11.5 Å². The van der Waals surface area contributed by atoms with Gasteiger partial charge in [-0.05, 0) is 4.92 Å². The highest BCUT2D eigenvalue weighted by Gasteiger charge is 2.19. The number of nitrogen functional groups attached to an aromatic ring is 1. The zero-order valence-electron chi connectivity index (χ0n) is 6.89. The first kappa shape index (κ1) is 8.23. The van der Waals surface area contributed by atoms with Crippen molar-refractivity contribution in [2.24, 2.45) is 0 Å². The average molecular weight is 194 g/mol. The molecule has 0 saturated carbocycles. The number of nitrogens with one attached hydrogen (secondary N) is 2. The van der Waals surface area contributed by atoms with E-state index in [9.17, 15) is 10.1 Å². The van der Waals surface area contributed by atoms with E-state index in [1.54, 1.807) is 0 Å². The van der Waals surface area contributed by atoms with Gasteiger partial charge in [0.05, 0.1) is 23.8 Å². The molecule has 0 spiro atoms. The molecule has 2 rings (SSSR count). The summed E-state index contributed by atoms with van der Waals surface area (Å²) in [7, 11) is 0. The predicted octanol–water partition coefficient (Wildman–Crippen LogP) is 0.290. The lowest BCUT2D eigenvalue weighted by Crippen LogP contribution is -1.92. The summed E-state index contributed by atoms with van der Waals surface area (Å²) >= 11 is 0. The summed E-state index contributed by atoms with van der Waals surface area (Å²) in [6.45, 7) is 0. The van der Waals surface area contributed by atoms with Gasteiger partial charge >= 0.3 is 5.82 Å². The molecule has 0 aliphatic carbocycles. The Bertz CT molecular complexity index is 472. The SMILES string of the molecule is Nc1cn[nH]c1-c1cn[nH]c1[N+](=O)[O-]. The number of nitrogens with zero attached hydrogens (tertiary/aromatic N) is 3. The second kappa shape index (κ2) is 2.83. The highest BCUT2D eigenvalue weighted by molar-refractivity contribution is 5.76. The van der Waals surface area contributed by atoms with E-state index in [0.717, 1.165) is 0 Å². The Balaban J connectivity index is 2.57. The van der Waals surface area contributed by atoms with Crippen LogP contribution in [0.1, 0.15) is 0 Å². The second-order valence-corrected chi connectivity index (χ2v) is 2.59. The van der Waals surface area contributed by atoms with Crippen LogP contribution in [-0.4, -0.2) is 25.3 Å². The predicted molar refractivity (Wildman–Crippen MR) is 47.2 cm³/mol. The van der Waals surface area contributed by atoms with Crippen LogP contribution in [0, 0.1) is 10.1 Å². The van der Waals surface area contributed by atoms with Gasteiger partial charge in [0.2, 0.25) is 0 Å². The quantitative estimate of drug-likeness (QED) is 0.467. The number of aromatic nitrogens is 4. The summed E-state index contributed by atoms with van der Waals surface area (Å²) in [5, 5.41) is 22.6. The summed E-state index contributed by atoms with van der Waals surface area (Å²) in [5.41, 5.74) is 6.58. The molecule has 4 N–H and O–H groups in total. The van der Waals surface area contributed by atoms with Gasteiger partial charge in [0.1, 0.15) is 5.56 Å². The topological polar surface area (TPSA) is 127 Å². The van der Waals surface area contributed by atoms with Crippen molar-refractivity contribution < 1.29 is 4.92 Å². The molecular formula is C6H6N6O2. The molecule has 72 valence electrons. The Labute approximate surface area is 77.3 Å². The number of nitro groups is 1. The summed E-state index contributed by atoms with van der Waals surface area (Å²) < 4.78 is 0. The van der Waals surface area contributed by atoms with Gasteiger partial charge in [0.15, 0.2) is 0 Å². The van der Waals surface area contributed by atoms with Crippen LogP contribution in [0.25, 0.3) is 11.3 Å². The van der Waals surface area contributed by atoms with Crippen LogP contribution in [0.2, 0.25) is 0 Å². The highest BCUT2D eigenvalue weighted by atomic mass is 16.6. The maximum Gasteiger partial charge on any atom is 0.352 e. The smallest absolute Gasteiger partial charge is 0.352 e. The fourth-order valence-electron chi connectivity index (χ4n) is 1.11. The van der Waals surface area contributed by atoms with E-state index in [-0.39, 0.29) is 5.82 Å². The van der Waals surface area contributed by atoms with Gasteiger partial charge in [-0.3, -0.25) is 5.10 Å². The van der Waals surface area contributed by atoms with Crippen LogP contribution in [-0.2, 0) is 0 Å². The second-order valence-electron chi connectivity index (χ2n) is 2.59. The number of rotatable bonds is 2. The van der Waals surface area contributed by atoms with Crippen molar-refractivity contribution in [1.29, 1.82) is 0 Å². The van der Waals surface area contributed by atoms with E-state index in [1.165, 1.54) is 12.4 Å². The molecule has 14 heavy (non-hydrogen) atoms. The fraction of sp³-hybridized carbons (Fsp3) is 0. The zero-order chi connectivity index (χ0) is 10.1. The molecule has 2 heterocycles. The van der Waals surface area contributed by atoms with Gasteiger partial charge in [-0.2, -0.15) is 5.10 Å². The minimum Gasteiger partial charge on any atom is -0.396 e. The number of hydrogen-bond donors (Lipinski definition) is 3. The lowest BCUT2D eigenvalue weighted by atomic mass is 10.2. The third kappa shape index (κ3) is 1.09. The minimum absolute atomic E-state index is 0.207. The molecule has 2 aromatic rings. The third-order valence-corrected chi connectivity index (χ3v) is 1.74. The standard InChI is InChI=1S/C6H6N6O2/c7-4-2-9-10-5(4)3-1-8-11-6(3)12(13)14/h1-2H,7H2,(H,8,11)(H,9,10). The van der Waals surface area contributed by atoms with Gasteiger partial charge in [-0.1, -0.05) is 5.10 Å². The number of aromatic amines is 2. The summed E-state index contributed by atoms with van der Waals surface area (Å²) in [6.07, 6.45) is 2.70. The van der Waals surface area contributed by atoms with E-state index >= 15 is 0 Å². The Morgan fingerprint density at radius 3 is 2.64 bits per heavy atom. The van der Waals surface area contributed by atoms with Crippen LogP contribution in [0.15, 0.2) is 12.4 Å². The van der Waals surface area contributed by atoms with Crippen LogP contribution in [0.4, 0.5) is 11.5 Å². The van der Waals surface area contributed by atoms with Gasteiger partial charge < -0.3 is 15.8 Å². The number of hydrogen-bond acceptors (Lipinski definition) is 5. The van der Waals surface area contributed by atoms with Gasteiger partial charge in [-0.15, -0.1) is 5.10 Å². The summed E-state index contributed by atoms with van der Waals surface area (Å²) in [4.78, 5) is 9.98. The van der Waals surface area contributed by atoms with Gasteiger partial charge in [0.25, 0.3) is 0 Å². The molecule has 2 aromatic heterocycles. The van der Waals surface area contributed by atoms with E-state index in [2.05, 4.69) is 20.4 Å². The van der Waals surface area contributed by atoms with Crippen LogP contribution < -0.4 is 5.73 Å². The number of anilines is 1. The fourth-order valence-corrected chi connectivity index (χ4v) is 1.11. The molecular weight excluding hydrogens is 188 g/mol. The van der Waals surface area contributed by atoms with E-state index in [0.29, 0.717) is 16.9 Å². The van der Waals surface area contributed by atoms with Crippen molar-refractivity contribution in [2.45, 2.75) is 0 Å². The normalized spacial score (nSPS) is 10.3. The lowest BCUT2D eigenvalue weighted by molar-refractivity contribution is -0.388. The van der Waals surface area contributed by atoms with E-state index < -0.39 is 4.92 Å². The average Bonchev–Trinajstić information content (AvgIpc) is 2.70. The number of nitrogens with two attached hydrogens (primary N) is 1. The van der Waals surface area contributed by atoms with Crippen LogP contribution >= 0.6 is 0 Å². The lowest BCUT2D eigenvalue weighted by Gasteiger charge is -1.95. The molecule has 0 unspecified atom stereocenters. The highest BCUT2D eigenvalue weighted by Crippen LogP contribution is 2.29. The van der Waals surface area contributed by atoms with Crippen molar-refractivity contribution in [3.63, 3.8) is 0 Å². The molecule has 0 aliphatic rings. The monoisotopic (exact) mass is 194 g/mol. The summed E-state index contributed by atoms with van der Waals surface area (Å²) in [6, 6.07) is 0. The number of H-pyrrole nitrogens is 2. The minimum atomic E-state index is -0.567. The van der Waals surface area contributed by atoms with E-state index in [4.69, 9.17) is 5.73 Å². The van der Waals surface area contributed by atoms with Crippen LogP contribution in [0.5, 0.6) is 0 Å². The molecule has 0 atom stereocenters. The first-order valence-electron chi connectivity index (χ1n) is 3.67. The third-order valence-electron chi connectivity index (χ3n) is 1.74. The molecule has 0 amide bonds. The maximum absolute atomic E-state index is 10.5. The zero-order valence-corrected chi connectivity index (χ0v) is 6.89. The van der Waals surface area contributed by atoms with Gasteiger partial charge in [0, 0.05) is 0 Å². The molecule has 0 bridgehead atoms. The first-order valence-corrected chi connectivity index (χ1v) is 3.67. The molecule has 0 saturated heterocycles. The summed E-state index contributed by atoms with van der Waals surface area (Å²) in [5.74, 6) is -0.207. The maximum atomic E-state index is 10.5. The largest absolute Gasteiger partial charge is 0.396 e. The molecule has 8 heteroatoms. The van der Waals surface area contributed by atoms with Gasteiger partial charge in [-0.25, -0.2) is 0 Å². The molecule has 0 aliphatic heterocycles. The van der Waals surface area contributed by atoms with Crippen LogP contribution in [0.3, 0.4) is 0 Å². The molecule has 0 aromatic carbocycles. The Morgan fingerprint density at radius 1 is 1.36 bits per heavy atom. The van der Waals surface area contributed by atoms with Crippen molar-refractivity contribution in [1.82, 2.24) is 20.4 Å². The van der Waals surface area contributed by atoms with Crippen molar-refractivity contribution in [3.05, 3.63) is 22.5 Å². The Hall–Kier alpha value is -2.38. The van der Waals surface area contributed by atoms with Crippen molar-refractivity contribution in [2.75, 3.05) is 5.73 Å².